The number of halogens is 1. The van der Waals surface area contributed by atoms with E-state index in [2.05, 4.69) is 30.9 Å². The number of hydrogen-bond donors (Lipinski definition) is 0. The van der Waals surface area contributed by atoms with Gasteiger partial charge in [0.25, 0.3) is 0 Å². The summed E-state index contributed by atoms with van der Waals surface area (Å²) in [5, 5.41) is 0.726. The maximum absolute atomic E-state index is 12.9. The highest BCUT2D eigenvalue weighted by Crippen LogP contribution is 2.35. The SMILES string of the molecule is CSc1nc(Br)nc2c1ncn2[C@H]1C[C@H](OC(=O)c2ccc(C)cc2)[C@@H](COC(=O)c2ccc(C)cc2)O1. The van der Waals surface area contributed by atoms with Crippen LogP contribution in [0.3, 0.4) is 0 Å². The molecule has 1 aliphatic heterocycles. The maximum Gasteiger partial charge on any atom is 0.338 e. The molecule has 0 spiro atoms. The van der Waals surface area contributed by atoms with Gasteiger partial charge in [0.15, 0.2) is 10.4 Å². The molecule has 1 saturated heterocycles. The lowest BCUT2D eigenvalue weighted by Crippen LogP contribution is -2.32. The molecule has 1 fully saturated rings. The third kappa shape index (κ3) is 5.59. The van der Waals surface area contributed by atoms with Crippen molar-refractivity contribution in [2.75, 3.05) is 12.9 Å². The molecule has 0 unspecified atom stereocenters. The van der Waals surface area contributed by atoms with Gasteiger partial charge in [0.05, 0.1) is 17.5 Å². The first-order valence-electron chi connectivity index (χ1n) is 11.9. The van der Waals surface area contributed by atoms with E-state index in [1.54, 1.807) is 35.2 Å². The third-order valence-electron chi connectivity index (χ3n) is 6.26. The van der Waals surface area contributed by atoms with Crippen molar-refractivity contribution >= 4 is 50.8 Å². The zero-order valence-electron chi connectivity index (χ0n) is 21.0. The monoisotopic (exact) mass is 596 g/mol. The Kier molecular flexibility index (Phi) is 7.78. The molecule has 196 valence electrons. The number of carbonyl (C=O) groups is 2. The van der Waals surface area contributed by atoms with E-state index in [9.17, 15) is 9.59 Å². The van der Waals surface area contributed by atoms with Gasteiger partial charge in [-0.25, -0.2) is 24.5 Å². The largest absolute Gasteiger partial charge is 0.459 e. The van der Waals surface area contributed by atoms with E-state index in [0.717, 1.165) is 16.2 Å². The van der Waals surface area contributed by atoms with Gasteiger partial charge in [0, 0.05) is 6.42 Å². The highest BCUT2D eigenvalue weighted by Gasteiger charge is 2.40. The van der Waals surface area contributed by atoms with Crippen molar-refractivity contribution < 1.29 is 23.8 Å². The smallest absolute Gasteiger partial charge is 0.338 e. The van der Waals surface area contributed by atoms with Gasteiger partial charge in [-0.15, -0.1) is 11.8 Å². The highest BCUT2D eigenvalue weighted by atomic mass is 79.9. The molecule has 4 aromatic rings. The quantitative estimate of drug-likeness (QED) is 0.122. The Morgan fingerprint density at radius 2 is 1.66 bits per heavy atom. The standard InChI is InChI=1S/C27H25BrN4O5S/c1-15-4-8-17(9-5-15)25(33)35-13-20-19(37-26(34)18-10-6-16(2)7-11-18)12-21(36-20)32-14-29-22-23(32)30-27(28)31-24(22)38-3/h4-11,14,19-21H,12-13H2,1-3H3/t19-,20+,21+/m0/s1. The number of carbonyl (C=O) groups excluding carboxylic acids is 2. The van der Waals surface area contributed by atoms with E-state index in [1.807, 2.05) is 44.4 Å². The van der Waals surface area contributed by atoms with Crippen LogP contribution in [0.4, 0.5) is 0 Å². The number of thioether (sulfide) groups is 1. The Labute approximate surface area is 232 Å². The zero-order valence-corrected chi connectivity index (χ0v) is 23.4. The first-order valence-corrected chi connectivity index (χ1v) is 13.9. The van der Waals surface area contributed by atoms with Crippen LogP contribution in [0.5, 0.6) is 0 Å². The van der Waals surface area contributed by atoms with Gasteiger partial charge in [-0.05, 0) is 60.3 Å². The van der Waals surface area contributed by atoms with Gasteiger partial charge in [0.1, 0.15) is 35.6 Å². The minimum absolute atomic E-state index is 0.0869. The molecule has 0 bridgehead atoms. The van der Waals surface area contributed by atoms with E-state index >= 15 is 0 Å². The molecule has 0 saturated carbocycles. The van der Waals surface area contributed by atoms with Gasteiger partial charge in [-0.1, -0.05) is 35.4 Å². The van der Waals surface area contributed by atoms with Crippen LogP contribution < -0.4 is 0 Å². The van der Waals surface area contributed by atoms with Crippen LogP contribution in [0, 0.1) is 13.8 Å². The predicted molar refractivity (Wildman–Crippen MR) is 145 cm³/mol. The summed E-state index contributed by atoms with van der Waals surface area (Å²) < 4.78 is 20.0. The predicted octanol–water partition coefficient (Wildman–Crippen LogP) is 5.30. The summed E-state index contributed by atoms with van der Waals surface area (Å²) in [5.74, 6) is -0.950. The fourth-order valence-electron chi connectivity index (χ4n) is 4.19. The van der Waals surface area contributed by atoms with Gasteiger partial charge in [0.2, 0.25) is 0 Å². The van der Waals surface area contributed by atoms with Crippen LogP contribution >= 0.6 is 27.7 Å². The van der Waals surface area contributed by atoms with Gasteiger partial charge < -0.3 is 14.2 Å². The molecule has 1 aliphatic rings. The summed E-state index contributed by atoms with van der Waals surface area (Å²) in [5.41, 5.74) is 4.18. The zero-order chi connectivity index (χ0) is 26.8. The van der Waals surface area contributed by atoms with Gasteiger partial charge in [-0.3, -0.25) is 4.57 Å². The van der Waals surface area contributed by atoms with E-state index in [4.69, 9.17) is 14.2 Å². The Bertz CT molecular complexity index is 1480. The second-order valence-corrected chi connectivity index (χ2v) is 10.5. The second kappa shape index (κ2) is 11.2. The van der Waals surface area contributed by atoms with Crippen molar-refractivity contribution in [1.82, 2.24) is 19.5 Å². The molecule has 38 heavy (non-hydrogen) atoms. The molecule has 5 rings (SSSR count). The second-order valence-electron chi connectivity index (χ2n) is 8.97. The summed E-state index contributed by atoms with van der Waals surface area (Å²) in [7, 11) is 0. The average Bonchev–Trinajstić information content (AvgIpc) is 3.51. The topological polar surface area (TPSA) is 105 Å². The fraction of sp³-hybridized carbons (Fsp3) is 0.296. The molecular formula is C27H25BrN4O5S. The molecule has 11 heteroatoms. The lowest BCUT2D eigenvalue weighted by atomic mass is 10.1. The Morgan fingerprint density at radius 1 is 1.03 bits per heavy atom. The summed E-state index contributed by atoms with van der Waals surface area (Å²) in [4.78, 5) is 39.0. The molecule has 0 radical (unpaired) electrons. The minimum Gasteiger partial charge on any atom is -0.459 e. The average molecular weight is 597 g/mol. The molecule has 0 N–H and O–H groups in total. The van der Waals surface area contributed by atoms with Crippen molar-refractivity contribution in [3.63, 3.8) is 0 Å². The normalized spacial score (nSPS) is 19.0. The molecular weight excluding hydrogens is 572 g/mol. The number of fused-ring (bicyclic) bond motifs is 1. The summed E-state index contributed by atoms with van der Waals surface area (Å²) in [6, 6.07) is 14.3. The number of hydrogen-bond acceptors (Lipinski definition) is 9. The molecule has 0 aliphatic carbocycles. The fourth-order valence-corrected chi connectivity index (χ4v) is 5.17. The first-order chi connectivity index (χ1) is 18.3. The van der Waals surface area contributed by atoms with E-state index in [0.29, 0.717) is 33.4 Å². The number of rotatable bonds is 7. The first kappa shape index (κ1) is 26.3. The van der Waals surface area contributed by atoms with E-state index in [1.165, 1.54) is 11.8 Å². The number of imidazole rings is 1. The number of aromatic nitrogens is 4. The maximum atomic E-state index is 12.9. The van der Waals surface area contributed by atoms with Gasteiger partial charge >= 0.3 is 11.9 Å². The molecule has 3 atom stereocenters. The van der Waals surface area contributed by atoms with Crippen LogP contribution in [-0.2, 0) is 14.2 Å². The Hall–Kier alpha value is -3.28. The van der Waals surface area contributed by atoms with Crippen LogP contribution in [0.2, 0.25) is 0 Å². The highest BCUT2D eigenvalue weighted by molar-refractivity contribution is 9.10. The third-order valence-corrected chi connectivity index (χ3v) is 7.28. The van der Waals surface area contributed by atoms with Crippen molar-refractivity contribution in [3.05, 3.63) is 81.8 Å². The number of esters is 2. The Balaban J connectivity index is 1.38. The number of ether oxygens (including phenoxy) is 3. The summed E-state index contributed by atoms with van der Waals surface area (Å²) >= 11 is 4.82. The molecule has 2 aromatic carbocycles. The van der Waals surface area contributed by atoms with E-state index in [-0.39, 0.29) is 6.61 Å². The molecule has 9 nitrogen and oxygen atoms in total. The Morgan fingerprint density at radius 3 is 2.29 bits per heavy atom. The van der Waals surface area contributed by atoms with Crippen LogP contribution in [0.25, 0.3) is 11.2 Å². The van der Waals surface area contributed by atoms with Crippen LogP contribution in [0.15, 0.2) is 64.6 Å². The van der Waals surface area contributed by atoms with E-state index < -0.39 is 30.4 Å². The number of nitrogens with zero attached hydrogens (tertiary/aromatic N) is 4. The van der Waals surface area contributed by atoms with Crippen LogP contribution in [0.1, 0.15) is 44.5 Å². The minimum atomic E-state index is -0.688. The van der Waals surface area contributed by atoms with Crippen molar-refractivity contribution in [3.8, 4) is 0 Å². The van der Waals surface area contributed by atoms with Crippen molar-refractivity contribution in [2.45, 2.75) is 43.7 Å². The summed E-state index contributed by atoms with van der Waals surface area (Å²) in [6.45, 7) is 3.80. The molecule has 0 amide bonds. The lowest BCUT2D eigenvalue weighted by molar-refractivity contribution is -0.0563. The molecule has 3 heterocycles. The summed E-state index contributed by atoms with van der Waals surface area (Å²) in [6.07, 6.45) is 1.98. The van der Waals surface area contributed by atoms with Crippen LogP contribution in [-0.4, -0.2) is 56.5 Å². The van der Waals surface area contributed by atoms with Crippen molar-refractivity contribution in [2.24, 2.45) is 0 Å². The molecule has 2 aromatic heterocycles. The number of aryl methyl sites for hydroxylation is 2. The van der Waals surface area contributed by atoms with Crippen molar-refractivity contribution in [1.29, 1.82) is 0 Å². The lowest BCUT2D eigenvalue weighted by Gasteiger charge is -2.19. The number of benzene rings is 2. The van der Waals surface area contributed by atoms with Gasteiger partial charge in [-0.2, -0.15) is 0 Å².